The molecule has 29 heavy (non-hydrogen) atoms. The SMILES string of the molecule is CCNC(=NCc1ccc(C)cc1OCC(F)(F)F)NCC(=O)NC(C)(C)C.I. The number of ether oxygens (including phenoxy) is 1. The molecule has 3 N–H and O–H groups in total. The number of alkyl halides is 3. The van der Waals surface area contributed by atoms with Gasteiger partial charge in [-0.1, -0.05) is 12.1 Å². The highest BCUT2D eigenvalue weighted by Crippen LogP contribution is 2.24. The summed E-state index contributed by atoms with van der Waals surface area (Å²) in [5, 5.41) is 8.73. The van der Waals surface area contributed by atoms with E-state index < -0.39 is 12.8 Å². The number of benzene rings is 1. The minimum atomic E-state index is -4.42. The molecule has 10 heteroatoms. The first-order valence-electron chi connectivity index (χ1n) is 9.02. The molecule has 0 spiro atoms. The maximum Gasteiger partial charge on any atom is 0.422 e. The second kappa shape index (κ2) is 12.1. The number of halogens is 4. The van der Waals surface area contributed by atoms with Gasteiger partial charge in [-0.2, -0.15) is 13.2 Å². The van der Waals surface area contributed by atoms with E-state index in [1.807, 2.05) is 27.7 Å². The molecular weight excluding hydrogens is 500 g/mol. The maximum atomic E-state index is 12.5. The summed E-state index contributed by atoms with van der Waals surface area (Å²) in [6.45, 7) is 8.61. The summed E-state index contributed by atoms with van der Waals surface area (Å²) in [5.74, 6) is 0.332. The molecule has 0 radical (unpaired) electrons. The number of nitrogens with one attached hydrogen (secondary N) is 3. The van der Waals surface area contributed by atoms with Crippen LogP contribution < -0.4 is 20.7 Å². The van der Waals surface area contributed by atoms with Crippen LogP contribution in [0.4, 0.5) is 13.2 Å². The van der Waals surface area contributed by atoms with Gasteiger partial charge in [-0.3, -0.25) is 4.79 Å². The topological polar surface area (TPSA) is 74.8 Å². The number of hydrogen-bond acceptors (Lipinski definition) is 3. The first-order chi connectivity index (χ1) is 12.9. The smallest absolute Gasteiger partial charge is 0.422 e. The lowest BCUT2D eigenvalue weighted by atomic mass is 10.1. The fraction of sp³-hybridized carbons (Fsp3) is 0.579. The summed E-state index contributed by atoms with van der Waals surface area (Å²) in [6, 6.07) is 5.01. The number of guanidine groups is 1. The minimum Gasteiger partial charge on any atom is -0.484 e. The van der Waals surface area contributed by atoms with Crippen molar-refractivity contribution in [2.45, 2.75) is 52.9 Å². The van der Waals surface area contributed by atoms with Gasteiger partial charge in [-0.15, -0.1) is 24.0 Å². The lowest BCUT2D eigenvalue weighted by Gasteiger charge is -2.21. The molecule has 0 aliphatic rings. The van der Waals surface area contributed by atoms with Crippen LogP contribution in [0.1, 0.15) is 38.8 Å². The van der Waals surface area contributed by atoms with Crippen molar-refractivity contribution in [3.63, 3.8) is 0 Å². The van der Waals surface area contributed by atoms with Gasteiger partial charge in [0.2, 0.25) is 5.91 Å². The molecule has 0 fully saturated rings. The molecule has 0 aliphatic heterocycles. The molecule has 1 amide bonds. The number of hydrogen-bond donors (Lipinski definition) is 3. The molecule has 0 unspecified atom stereocenters. The van der Waals surface area contributed by atoms with Gasteiger partial charge in [-0.25, -0.2) is 4.99 Å². The number of amides is 1. The van der Waals surface area contributed by atoms with E-state index in [9.17, 15) is 18.0 Å². The standard InChI is InChI=1S/C19H29F3N4O2.HI/c1-6-23-17(25-11-16(27)26-18(3,4)5)24-10-14-8-7-13(2)9-15(14)28-12-19(20,21)22;/h7-9H,6,10-12H2,1-5H3,(H,26,27)(H2,23,24,25);1H. The second-order valence-corrected chi connectivity index (χ2v) is 7.36. The van der Waals surface area contributed by atoms with Crippen LogP contribution in [-0.4, -0.2) is 43.3 Å². The summed E-state index contributed by atoms with van der Waals surface area (Å²) < 4.78 is 42.3. The number of carbonyl (C=O) groups is 1. The average Bonchev–Trinajstić information content (AvgIpc) is 2.54. The van der Waals surface area contributed by atoms with Crippen LogP contribution in [0.15, 0.2) is 23.2 Å². The maximum absolute atomic E-state index is 12.5. The van der Waals surface area contributed by atoms with Crippen molar-refractivity contribution in [3.8, 4) is 5.75 Å². The Balaban J connectivity index is 0.00000784. The highest BCUT2D eigenvalue weighted by atomic mass is 127. The summed E-state index contributed by atoms with van der Waals surface area (Å²) in [5.41, 5.74) is 0.959. The zero-order chi connectivity index (χ0) is 21.4. The van der Waals surface area contributed by atoms with Crippen LogP contribution in [0, 0.1) is 6.92 Å². The molecule has 0 heterocycles. The Kier molecular flexibility index (Phi) is 11.4. The minimum absolute atomic E-state index is 0. The molecule has 0 saturated heterocycles. The van der Waals surface area contributed by atoms with E-state index in [1.54, 1.807) is 25.1 Å². The highest BCUT2D eigenvalue weighted by Gasteiger charge is 2.28. The number of aliphatic imine (C=N–C) groups is 1. The van der Waals surface area contributed by atoms with E-state index in [2.05, 4.69) is 20.9 Å². The van der Waals surface area contributed by atoms with Crippen LogP contribution in [-0.2, 0) is 11.3 Å². The molecule has 1 aromatic rings. The second-order valence-electron chi connectivity index (χ2n) is 7.36. The molecule has 1 aromatic carbocycles. The Hall–Kier alpha value is -1.72. The number of nitrogens with zero attached hydrogens (tertiary/aromatic N) is 1. The van der Waals surface area contributed by atoms with Crippen molar-refractivity contribution in [2.24, 2.45) is 4.99 Å². The van der Waals surface area contributed by atoms with Crippen LogP contribution in [0.5, 0.6) is 5.75 Å². The third-order valence-corrected chi connectivity index (χ3v) is 3.30. The average molecular weight is 530 g/mol. The third kappa shape index (κ3) is 12.4. The van der Waals surface area contributed by atoms with E-state index >= 15 is 0 Å². The van der Waals surface area contributed by atoms with Gasteiger partial charge in [0.25, 0.3) is 0 Å². The molecule has 0 saturated carbocycles. The predicted molar refractivity (Wildman–Crippen MR) is 119 cm³/mol. The quantitative estimate of drug-likeness (QED) is 0.287. The lowest BCUT2D eigenvalue weighted by Crippen LogP contribution is -2.48. The van der Waals surface area contributed by atoms with Gasteiger partial charge >= 0.3 is 6.18 Å². The number of rotatable bonds is 7. The number of aryl methyl sites for hydroxylation is 1. The Bertz CT molecular complexity index is 689. The monoisotopic (exact) mass is 530 g/mol. The highest BCUT2D eigenvalue weighted by molar-refractivity contribution is 14.0. The first kappa shape index (κ1) is 27.3. The zero-order valence-electron chi connectivity index (χ0n) is 17.4. The van der Waals surface area contributed by atoms with Crippen molar-refractivity contribution in [3.05, 3.63) is 29.3 Å². The molecular formula is C19H30F3IN4O2. The van der Waals surface area contributed by atoms with Gasteiger partial charge in [0.1, 0.15) is 5.75 Å². The Morgan fingerprint density at radius 3 is 2.38 bits per heavy atom. The molecule has 0 aromatic heterocycles. The normalized spacial score (nSPS) is 12.1. The van der Waals surface area contributed by atoms with Gasteiger partial charge in [-0.05, 0) is 46.2 Å². The summed E-state index contributed by atoms with van der Waals surface area (Å²) >= 11 is 0. The van der Waals surface area contributed by atoms with E-state index in [0.717, 1.165) is 5.56 Å². The van der Waals surface area contributed by atoms with Crippen LogP contribution >= 0.6 is 24.0 Å². The van der Waals surface area contributed by atoms with E-state index in [0.29, 0.717) is 18.1 Å². The Labute approximate surface area is 187 Å². The van der Waals surface area contributed by atoms with Gasteiger partial charge < -0.3 is 20.7 Å². The van der Waals surface area contributed by atoms with E-state index in [4.69, 9.17) is 4.74 Å². The van der Waals surface area contributed by atoms with Crippen LogP contribution in [0.25, 0.3) is 0 Å². The van der Waals surface area contributed by atoms with Crippen LogP contribution in [0.2, 0.25) is 0 Å². The molecule has 1 rings (SSSR count). The van der Waals surface area contributed by atoms with Gasteiger partial charge in [0.15, 0.2) is 12.6 Å². The van der Waals surface area contributed by atoms with Crippen molar-refractivity contribution in [2.75, 3.05) is 19.7 Å². The lowest BCUT2D eigenvalue weighted by molar-refractivity contribution is -0.153. The Morgan fingerprint density at radius 2 is 1.83 bits per heavy atom. The molecule has 166 valence electrons. The summed E-state index contributed by atoms with van der Waals surface area (Å²) in [4.78, 5) is 16.3. The first-order valence-corrected chi connectivity index (χ1v) is 9.02. The molecule has 6 nitrogen and oxygen atoms in total. The van der Waals surface area contributed by atoms with Crippen LogP contribution in [0.3, 0.4) is 0 Å². The van der Waals surface area contributed by atoms with Crippen molar-refractivity contribution < 1.29 is 22.7 Å². The Morgan fingerprint density at radius 1 is 1.17 bits per heavy atom. The van der Waals surface area contributed by atoms with Gasteiger partial charge in [0, 0.05) is 17.6 Å². The van der Waals surface area contributed by atoms with Crippen molar-refractivity contribution in [1.82, 2.24) is 16.0 Å². The molecule has 0 aliphatic carbocycles. The fourth-order valence-electron chi connectivity index (χ4n) is 2.22. The largest absolute Gasteiger partial charge is 0.484 e. The molecule has 0 atom stereocenters. The zero-order valence-corrected chi connectivity index (χ0v) is 19.7. The molecule has 0 bridgehead atoms. The van der Waals surface area contributed by atoms with Gasteiger partial charge in [0.05, 0.1) is 13.1 Å². The third-order valence-electron chi connectivity index (χ3n) is 3.30. The summed E-state index contributed by atoms with van der Waals surface area (Å²) in [7, 11) is 0. The van der Waals surface area contributed by atoms with E-state index in [1.165, 1.54) is 0 Å². The summed E-state index contributed by atoms with van der Waals surface area (Å²) in [6.07, 6.45) is -4.42. The van der Waals surface area contributed by atoms with E-state index in [-0.39, 0.29) is 54.3 Å². The van der Waals surface area contributed by atoms with Crippen molar-refractivity contribution >= 4 is 35.8 Å². The fourth-order valence-corrected chi connectivity index (χ4v) is 2.22. The predicted octanol–water partition coefficient (Wildman–Crippen LogP) is 3.52. The van der Waals surface area contributed by atoms with Crippen molar-refractivity contribution in [1.29, 1.82) is 0 Å². The number of carbonyl (C=O) groups excluding carboxylic acids is 1.